The van der Waals surface area contributed by atoms with Crippen LogP contribution in [-0.4, -0.2) is 5.78 Å². The van der Waals surface area contributed by atoms with E-state index in [1.165, 1.54) is 19.3 Å². The summed E-state index contributed by atoms with van der Waals surface area (Å²) in [6.45, 7) is 5.99. The minimum absolute atomic E-state index is 0.335. The number of hydrogen-bond acceptors (Lipinski definition) is 1. The molecule has 0 rings (SSSR count). The zero-order valence-corrected chi connectivity index (χ0v) is 8.02. The third kappa shape index (κ3) is 5.00. The van der Waals surface area contributed by atoms with Crippen molar-refractivity contribution in [2.75, 3.05) is 0 Å². The standard InChI is InChI=1S/C10H20O/c1-4-6-7-8-10(5-2)9(3)11/h10H,4-8H2,1-3H3. The molecule has 1 unspecified atom stereocenters. The highest BCUT2D eigenvalue weighted by Crippen LogP contribution is 2.13. The first-order chi connectivity index (χ1) is 5.22. The van der Waals surface area contributed by atoms with Gasteiger partial charge in [-0.05, 0) is 19.8 Å². The summed E-state index contributed by atoms with van der Waals surface area (Å²) in [5.41, 5.74) is 0. The van der Waals surface area contributed by atoms with Gasteiger partial charge in [0.25, 0.3) is 0 Å². The second-order valence-electron chi connectivity index (χ2n) is 3.21. The molecule has 0 saturated carbocycles. The molecular formula is C10H20O. The molecule has 66 valence electrons. The van der Waals surface area contributed by atoms with Gasteiger partial charge in [-0.25, -0.2) is 0 Å². The van der Waals surface area contributed by atoms with Crippen molar-refractivity contribution >= 4 is 5.78 Å². The molecule has 0 heterocycles. The average Bonchev–Trinajstić information content (AvgIpc) is 1.97. The van der Waals surface area contributed by atoms with Gasteiger partial charge < -0.3 is 0 Å². The van der Waals surface area contributed by atoms with E-state index >= 15 is 0 Å². The number of carbonyl (C=O) groups is 1. The van der Waals surface area contributed by atoms with E-state index < -0.39 is 0 Å². The van der Waals surface area contributed by atoms with Crippen molar-refractivity contribution in [2.45, 2.75) is 52.9 Å². The summed E-state index contributed by atoms with van der Waals surface area (Å²) < 4.78 is 0. The quantitative estimate of drug-likeness (QED) is 0.540. The molecule has 0 amide bonds. The van der Waals surface area contributed by atoms with Gasteiger partial charge >= 0.3 is 0 Å². The number of Topliss-reactive ketones (excluding diaryl/α,β-unsaturated/α-hetero) is 1. The Hall–Kier alpha value is -0.330. The predicted molar refractivity (Wildman–Crippen MR) is 48.6 cm³/mol. The Balaban J connectivity index is 3.44. The van der Waals surface area contributed by atoms with E-state index in [-0.39, 0.29) is 0 Å². The number of carbonyl (C=O) groups excluding carboxylic acids is 1. The number of hydrogen-bond donors (Lipinski definition) is 0. The SMILES string of the molecule is CCCCCC(CC)C(C)=O. The molecule has 0 N–H and O–H groups in total. The fourth-order valence-electron chi connectivity index (χ4n) is 1.34. The van der Waals surface area contributed by atoms with Crippen molar-refractivity contribution in [2.24, 2.45) is 5.92 Å². The number of ketones is 1. The van der Waals surface area contributed by atoms with Crippen molar-refractivity contribution < 1.29 is 4.79 Å². The molecule has 1 atom stereocenters. The van der Waals surface area contributed by atoms with Gasteiger partial charge in [0.15, 0.2) is 0 Å². The van der Waals surface area contributed by atoms with Gasteiger partial charge in [-0.1, -0.05) is 33.1 Å². The van der Waals surface area contributed by atoms with Crippen molar-refractivity contribution in [3.8, 4) is 0 Å². The second kappa shape index (κ2) is 6.38. The van der Waals surface area contributed by atoms with Crippen LogP contribution in [0.5, 0.6) is 0 Å². The molecule has 0 saturated heterocycles. The third-order valence-corrected chi connectivity index (χ3v) is 2.22. The van der Waals surface area contributed by atoms with Gasteiger partial charge in [-0.15, -0.1) is 0 Å². The van der Waals surface area contributed by atoms with Gasteiger partial charge in [0.2, 0.25) is 0 Å². The van der Waals surface area contributed by atoms with Gasteiger partial charge in [0.1, 0.15) is 5.78 Å². The zero-order chi connectivity index (χ0) is 8.69. The first-order valence-electron chi connectivity index (χ1n) is 4.72. The van der Waals surface area contributed by atoms with E-state index in [1.54, 1.807) is 6.92 Å². The summed E-state index contributed by atoms with van der Waals surface area (Å²) in [6, 6.07) is 0. The molecule has 0 bridgehead atoms. The molecule has 11 heavy (non-hydrogen) atoms. The lowest BCUT2D eigenvalue weighted by molar-refractivity contribution is -0.121. The topological polar surface area (TPSA) is 17.1 Å². The molecule has 0 radical (unpaired) electrons. The number of rotatable bonds is 6. The number of unbranched alkanes of at least 4 members (excludes halogenated alkanes) is 2. The van der Waals surface area contributed by atoms with Gasteiger partial charge in [-0.3, -0.25) is 4.79 Å². The molecule has 0 fully saturated rings. The molecule has 0 aromatic carbocycles. The molecule has 0 aromatic rings. The lowest BCUT2D eigenvalue weighted by Gasteiger charge is -2.09. The van der Waals surface area contributed by atoms with E-state index in [0.717, 1.165) is 12.8 Å². The van der Waals surface area contributed by atoms with Crippen LogP contribution in [0.3, 0.4) is 0 Å². The molecule has 0 aromatic heterocycles. The van der Waals surface area contributed by atoms with E-state index in [2.05, 4.69) is 13.8 Å². The van der Waals surface area contributed by atoms with Crippen LogP contribution in [0.2, 0.25) is 0 Å². The summed E-state index contributed by atoms with van der Waals surface area (Å²) in [5.74, 6) is 0.699. The van der Waals surface area contributed by atoms with Crippen LogP contribution in [0, 0.1) is 5.92 Å². The molecule has 1 nitrogen and oxygen atoms in total. The minimum Gasteiger partial charge on any atom is -0.300 e. The molecule has 0 aliphatic carbocycles. The summed E-state index contributed by atoms with van der Waals surface area (Å²) >= 11 is 0. The minimum atomic E-state index is 0.335. The highest BCUT2D eigenvalue weighted by molar-refractivity contribution is 5.78. The smallest absolute Gasteiger partial charge is 0.132 e. The van der Waals surface area contributed by atoms with Crippen LogP contribution >= 0.6 is 0 Å². The fourth-order valence-corrected chi connectivity index (χ4v) is 1.34. The lowest BCUT2D eigenvalue weighted by atomic mass is 9.95. The highest BCUT2D eigenvalue weighted by Gasteiger charge is 2.09. The monoisotopic (exact) mass is 156 g/mol. The Kier molecular flexibility index (Phi) is 6.19. The lowest BCUT2D eigenvalue weighted by Crippen LogP contribution is -2.09. The van der Waals surface area contributed by atoms with Gasteiger partial charge in [-0.2, -0.15) is 0 Å². The molecule has 0 spiro atoms. The predicted octanol–water partition coefficient (Wildman–Crippen LogP) is 3.18. The van der Waals surface area contributed by atoms with Crippen LogP contribution in [0.1, 0.15) is 52.9 Å². The molecule has 0 aliphatic rings. The van der Waals surface area contributed by atoms with E-state index in [1.807, 2.05) is 0 Å². The molecular weight excluding hydrogens is 136 g/mol. The average molecular weight is 156 g/mol. The van der Waals surface area contributed by atoms with Crippen LogP contribution < -0.4 is 0 Å². The summed E-state index contributed by atoms with van der Waals surface area (Å²) in [5, 5.41) is 0. The Morgan fingerprint density at radius 1 is 1.27 bits per heavy atom. The zero-order valence-electron chi connectivity index (χ0n) is 8.02. The normalized spacial score (nSPS) is 13.0. The van der Waals surface area contributed by atoms with Crippen molar-refractivity contribution in [1.29, 1.82) is 0 Å². The first-order valence-corrected chi connectivity index (χ1v) is 4.72. The Labute approximate surface area is 70.2 Å². The van der Waals surface area contributed by atoms with Crippen LogP contribution in [-0.2, 0) is 4.79 Å². The fraction of sp³-hybridized carbons (Fsp3) is 0.900. The summed E-state index contributed by atoms with van der Waals surface area (Å²) in [4.78, 5) is 11.0. The Bertz CT molecular complexity index is 107. The van der Waals surface area contributed by atoms with Crippen molar-refractivity contribution in [1.82, 2.24) is 0 Å². The summed E-state index contributed by atoms with van der Waals surface area (Å²) in [6.07, 6.45) is 5.84. The second-order valence-corrected chi connectivity index (χ2v) is 3.21. The summed E-state index contributed by atoms with van der Waals surface area (Å²) in [7, 11) is 0. The van der Waals surface area contributed by atoms with E-state index in [4.69, 9.17) is 0 Å². The van der Waals surface area contributed by atoms with Crippen LogP contribution in [0.15, 0.2) is 0 Å². The Morgan fingerprint density at radius 3 is 2.27 bits per heavy atom. The maximum absolute atomic E-state index is 11.0. The van der Waals surface area contributed by atoms with E-state index in [9.17, 15) is 4.79 Å². The first kappa shape index (κ1) is 10.7. The largest absolute Gasteiger partial charge is 0.300 e. The van der Waals surface area contributed by atoms with Crippen molar-refractivity contribution in [3.05, 3.63) is 0 Å². The molecule has 1 heteroatoms. The molecule has 0 aliphatic heterocycles. The third-order valence-electron chi connectivity index (χ3n) is 2.22. The van der Waals surface area contributed by atoms with Crippen LogP contribution in [0.4, 0.5) is 0 Å². The van der Waals surface area contributed by atoms with Crippen molar-refractivity contribution in [3.63, 3.8) is 0 Å². The van der Waals surface area contributed by atoms with E-state index in [0.29, 0.717) is 11.7 Å². The highest BCUT2D eigenvalue weighted by atomic mass is 16.1. The maximum Gasteiger partial charge on any atom is 0.132 e. The van der Waals surface area contributed by atoms with Crippen LogP contribution in [0.25, 0.3) is 0 Å². The Morgan fingerprint density at radius 2 is 1.91 bits per heavy atom. The van der Waals surface area contributed by atoms with Gasteiger partial charge in [0, 0.05) is 5.92 Å². The maximum atomic E-state index is 11.0. The van der Waals surface area contributed by atoms with Gasteiger partial charge in [0.05, 0.1) is 0 Å².